The third-order valence-electron chi connectivity index (χ3n) is 4.50. The van der Waals surface area contributed by atoms with Crippen LogP contribution in [0.3, 0.4) is 0 Å². The number of benzene rings is 1. The van der Waals surface area contributed by atoms with Gasteiger partial charge in [-0.05, 0) is 43.4 Å². The Kier molecular flexibility index (Phi) is 7.47. The van der Waals surface area contributed by atoms with E-state index in [0.29, 0.717) is 6.54 Å². The van der Waals surface area contributed by atoms with Gasteiger partial charge in [0.1, 0.15) is 5.76 Å². The first kappa shape index (κ1) is 21.5. The van der Waals surface area contributed by atoms with Crippen molar-refractivity contribution in [3.05, 3.63) is 52.9 Å². The zero-order valence-electron chi connectivity index (χ0n) is 15.7. The molecule has 1 heterocycles. The van der Waals surface area contributed by atoms with Crippen LogP contribution in [-0.4, -0.2) is 44.6 Å². The van der Waals surface area contributed by atoms with E-state index in [1.54, 1.807) is 13.2 Å². The molecule has 0 aliphatic rings. The summed E-state index contributed by atoms with van der Waals surface area (Å²) in [7, 11) is -3.42. The average molecular weight is 413 g/mol. The SMILES string of the molecule is CCN(CC)C(CNC(=O)c1cc(S(=O)(=O)CC)ccc1Cl)c1ccco1. The number of amides is 1. The summed E-state index contributed by atoms with van der Waals surface area (Å²) >= 11 is 6.13. The Morgan fingerprint density at radius 1 is 1.22 bits per heavy atom. The van der Waals surface area contributed by atoms with Crippen LogP contribution in [0.2, 0.25) is 5.02 Å². The number of likely N-dealkylation sites (N-methyl/N-ethyl adjacent to an activating group) is 1. The van der Waals surface area contributed by atoms with E-state index in [2.05, 4.69) is 10.2 Å². The first-order valence-corrected chi connectivity index (χ1v) is 10.9. The molecule has 1 amide bonds. The molecule has 27 heavy (non-hydrogen) atoms. The molecule has 0 fully saturated rings. The van der Waals surface area contributed by atoms with E-state index in [9.17, 15) is 13.2 Å². The van der Waals surface area contributed by atoms with E-state index < -0.39 is 15.7 Å². The number of nitrogens with zero attached hydrogens (tertiary/aromatic N) is 1. The Morgan fingerprint density at radius 2 is 1.93 bits per heavy atom. The number of carbonyl (C=O) groups excluding carboxylic acids is 1. The van der Waals surface area contributed by atoms with Crippen molar-refractivity contribution in [2.24, 2.45) is 0 Å². The summed E-state index contributed by atoms with van der Waals surface area (Å²) in [6.07, 6.45) is 1.60. The number of halogens is 1. The molecule has 1 aromatic heterocycles. The van der Waals surface area contributed by atoms with Crippen molar-refractivity contribution in [1.29, 1.82) is 0 Å². The number of nitrogens with one attached hydrogen (secondary N) is 1. The molecule has 1 aromatic carbocycles. The smallest absolute Gasteiger partial charge is 0.252 e. The predicted octanol–water partition coefficient (Wildman–Crippen LogP) is 3.54. The molecule has 1 unspecified atom stereocenters. The Labute approximate surface area is 165 Å². The van der Waals surface area contributed by atoms with Crippen LogP contribution in [0, 0.1) is 0 Å². The van der Waals surface area contributed by atoms with Crippen molar-refractivity contribution in [1.82, 2.24) is 10.2 Å². The molecular weight excluding hydrogens is 388 g/mol. The maximum absolute atomic E-state index is 12.7. The minimum absolute atomic E-state index is 0.0434. The minimum Gasteiger partial charge on any atom is -0.468 e. The number of furan rings is 1. The van der Waals surface area contributed by atoms with Crippen LogP contribution in [0.15, 0.2) is 45.9 Å². The van der Waals surface area contributed by atoms with Gasteiger partial charge in [0.25, 0.3) is 5.91 Å². The third-order valence-corrected chi connectivity index (χ3v) is 6.56. The number of carbonyl (C=O) groups is 1. The highest BCUT2D eigenvalue weighted by molar-refractivity contribution is 7.91. The van der Waals surface area contributed by atoms with Gasteiger partial charge in [-0.3, -0.25) is 9.69 Å². The lowest BCUT2D eigenvalue weighted by molar-refractivity contribution is 0.0929. The summed E-state index contributed by atoms with van der Waals surface area (Å²) in [5.74, 6) is 0.294. The Balaban J connectivity index is 2.22. The lowest BCUT2D eigenvalue weighted by atomic mass is 10.1. The highest BCUT2D eigenvalue weighted by Gasteiger charge is 2.23. The topological polar surface area (TPSA) is 79.6 Å². The average Bonchev–Trinajstić information content (AvgIpc) is 3.19. The van der Waals surface area contributed by atoms with Gasteiger partial charge < -0.3 is 9.73 Å². The van der Waals surface area contributed by atoms with E-state index in [-0.39, 0.29) is 27.3 Å². The molecule has 0 spiro atoms. The summed E-state index contributed by atoms with van der Waals surface area (Å²) in [5, 5.41) is 3.06. The van der Waals surface area contributed by atoms with Gasteiger partial charge in [0.15, 0.2) is 9.84 Å². The van der Waals surface area contributed by atoms with Crippen LogP contribution in [0.4, 0.5) is 0 Å². The van der Waals surface area contributed by atoms with Gasteiger partial charge in [-0.1, -0.05) is 32.4 Å². The molecule has 0 bridgehead atoms. The van der Waals surface area contributed by atoms with Crippen molar-refractivity contribution < 1.29 is 17.6 Å². The molecule has 0 radical (unpaired) electrons. The summed E-state index contributed by atoms with van der Waals surface area (Å²) < 4.78 is 29.7. The van der Waals surface area contributed by atoms with Crippen molar-refractivity contribution in [2.45, 2.75) is 31.7 Å². The van der Waals surface area contributed by atoms with Gasteiger partial charge in [-0.25, -0.2) is 8.42 Å². The highest BCUT2D eigenvalue weighted by atomic mass is 35.5. The van der Waals surface area contributed by atoms with E-state index in [1.807, 2.05) is 26.0 Å². The Hall–Kier alpha value is -1.83. The molecule has 0 saturated carbocycles. The lowest BCUT2D eigenvalue weighted by Crippen LogP contribution is -2.38. The van der Waals surface area contributed by atoms with Gasteiger partial charge >= 0.3 is 0 Å². The van der Waals surface area contributed by atoms with Crippen molar-refractivity contribution in [3.63, 3.8) is 0 Å². The maximum Gasteiger partial charge on any atom is 0.252 e. The summed E-state index contributed by atoms with van der Waals surface area (Å²) in [5.41, 5.74) is 0.143. The number of hydrogen-bond acceptors (Lipinski definition) is 5. The predicted molar refractivity (Wildman–Crippen MR) is 106 cm³/mol. The van der Waals surface area contributed by atoms with Crippen molar-refractivity contribution >= 4 is 27.3 Å². The van der Waals surface area contributed by atoms with Gasteiger partial charge in [0.05, 0.1) is 33.5 Å². The van der Waals surface area contributed by atoms with Crippen LogP contribution < -0.4 is 5.32 Å². The van der Waals surface area contributed by atoms with Gasteiger partial charge in [0.2, 0.25) is 0 Å². The molecule has 1 N–H and O–H groups in total. The highest BCUT2D eigenvalue weighted by Crippen LogP contribution is 2.23. The molecule has 6 nitrogen and oxygen atoms in total. The molecule has 0 saturated heterocycles. The summed E-state index contributed by atoms with van der Waals surface area (Å²) in [6, 6.07) is 7.74. The van der Waals surface area contributed by atoms with Crippen LogP contribution in [0.5, 0.6) is 0 Å². The van der Waals surface area contributed by atoms with E-state index in [1.165, 1.54) is 18.2 Å². The zero-order valence-corrected chi connectivity index (χ0v) is 17.3. The number of sulfone groups is 1. The number of rotatable bonds is 9. The van der Waals surface area contributed by atoms with Gasteiger partial charge in [0, 0.05) is 6.54 Å². The van der Waals surface area contributed by atoms with Crippen molar-refractivity contribution in [2.75, 3.05) is 25.4 Å². The molecule has 0 aliphatic carbocycles. The fourth-order valence-electron chi connectivity index (χ4n) is 2.88. The second kappa shape index (κ2) is 9.39. The summed E-state index contributed by atoms with van der Waals surface area (Å²) in [4.78, 5) is 14.9. The Morgan fingerprint density at radius 3 is 2.48 bits per heavy atom. The number of hydrogen-bond donors (Lipinski definition) is 1. The van der Waals surface area contributed by atoms with Crippen LogP contribution in [0.25, 0.3) is 0 Å². The second-order valence-electron chi connectivity index (χ2n) is 6.01. The fraction of sp³-hybridized carbons (Fsp3) is 0.421. The third kappa shape index (κ3) is 5.12. The molecular formula is C19H25ClN2O4S. The van der Waals surface area contributed by atoms with Crippen LogP contribution >= 0.6 is 11.6 Å². The normalized spacial score (nSPS) is 12.9. The molecule has 1 atom stereocenters. The van der Waals surface area contributed by atoms with E-state index >= 15 is 0 Å². The zero-order chi connectivity index (χ0) is 20.0. The maximum atomic E-state index is 12.7. The molecule has 148 valence electrons. The lowest BCUT2D eigenvalue weighted by Gasteiger charge is -2.28. The first-order valence-electron chi connectivity index (χ1n) is 8.91. The largest absolute Gasteiger partial charge is 0.468 e. The van der Waals surface area contributed by atoms with Gasteiger partial charge in [-0.2, -0.15) is 0 Å². The minimum atomic E-state index is -3.42. The summed E-state index contributed by atoms with van der Waals surface area (Å²) in [6.45, 7) is 7.54. The van der Waals surface area contributed by atoms with E-state index in [0.717, 1.165) is 18.8 Å². The van der Waals surface area contributed by atoms with Crippen LogP contribution in [-0.2, 0) is 9.84 Å². The quantitative estimate of drug-likeness (QED) is 0.681. The first-order chi connectivity index (χ1) is 12.8. The molecule has 8 heteroatoms. The van der Waals surface area contributed by atoms with Gasteiger partial charge in [-0.15, -0.1) is 0 Å². The molecule has 0 aliphatic heterocycles. The standard InChI is InChI=1S/C19H25ClN2O4S/c1-4-22(5-2)17(18-8-7-11-26-18)13-21-19(23)15-12-14(9-10-16(15)20)27(24,25)6-3/h7-12,17H,4-6,13H2,1-3H3,(H,21,23). The second-order valence-corrected chi connectivity index (χ2v) is 8.69. The van der Waals surface area contributed by atoms with Crippen LogP contribution in [0.1, 0.15) is 42.9 Å². The van der Waals surface area contributed by atoms with Crippen molar-refractivity contribution in [3.8, 4) is 0 Å². The molecule has 2 rings (SSSR count). The monoisotopic (exact) mass is 412 g/mol. The fourth-order valence-corrected chi connectivity index (χ4v) is 3.99. The Bertz CT molecular complexity index is 862. The van der Waals surface area contributed by atoms with E-state index in [4.69, 9.17) is 16.0 Å². The molecule has 2 aromatic rings.